The van der Waals surface area contributed by atoms with E-state index in [0.717, 1.165) is 30.9 Å². The molecule has 5 heteroatoms. The first kappa shape index (κ1) is 17.3. The van der Waals surface area contributed by atoms with Crippen LogP contribution in [0, 0.1) is 0 Å². The Morgan fingerprint density at radius 1 is 0.952 bits per heavy atom. The molecule has 0 amide bonds. The monoisotopic (exact) mass is 293 g/mol. The minimum Gasteiger partial charge on any atom is -0.481 e. The van der Waals surface area contributed by atoms with Gasteiger partial charge in [-0.25, -0.2) is 0 Å². The van der Waals surface area contributed by atoms with Crippen molar-refractivity contribution in [1.29, 1.82) is 0 Å². The zero-order valence-electron chi connectivity index (χ0n) is 13.5. The molecule has 0 aliphatic rings. The fraction of sp³-hybridized carbons (Fsp3) is 0.562. The standard InChI is InChI=1S/C16H27N3O2/c1-17(2)11-5-12-19(13-10-16(20)21)15-8-6-14(7-9-15)18(3)4/h6-9H,5,10-13H2,1-4H3,(H,20,21). The van der Waals surface area contributed by atoms with Crippen molar-refractivity contribution in [3.8, 4) is 0 Å². The van der Waals surface area contributed by atoms with E-state index in [-0.39, 0.29) is 6.42 Å². The summed E-state index contributed by atoms with van der Waals surface area (Å²) in [5.41, 5.74) is 2.23. The van der Waals surface area contributed by atoms with Crippen molar-refractivity contribution in [2.75, 3.05) is 57.6 Å². The summed E-state index contributed by atoms with van der Waals surface area (Å²) in [6, 6.07) is 8.25. The summed E-state index contributed by atoms with van der Waals surface area (Å²) in [4.78, 5) is 17.2. The minimum absolute atomic E-state index is 0.164. The molecular formula is C16H27N3O2. The van der Waals surface area contributed by atoms with Crippen molar-refractivity contribution in [1.82, 2.24) is 4.90 Å². The second-order valence-corrected chi connectivity index (χ2v) is 5.70. The normalized spacial score (nSPS) is 10.7. The summed E-state index contributed by atoms with van der Waals surface area (Å²) >= 11 is 0. The smallest absolute Gasteiger partial charge is 0.305 e. The fourth-order valence-electron chi connectivity index (χ4n) is 2.14. The van der Waals surface area contributed by atoms with Crippen LogP contribution in [0.15, 0.2) is 24.3 Å². The lowest BCUT2D eigenvalue weighted by atomic mass is 10.2. The van der Waals surface area contributed by atoms with Gasteiger partial charge in [-0.1, -0.05) is 0 Å². The van der Waals surface area contributed by atoms with Crippen molar-refractivity contribution in [2.45, 2.75) is 12.8 Å². The topological polar surface area (TPSA) is 47.0 Å². The maximum Gasteiger partial charge on any atom is 0.305 e. The van der Waals surface area contributed by atoms with Gasteiger partial charge in [0.1, 0.15) is 0 Å². The van der Waals surface area contributed by atoms with Crippen LogP contribution < -0.4 is 9.80 Å². The Morgan fingerprint density at radius 3 is 2.00 bits per heavy atom. The van der Waals surface area contributed by atoms with Gasteiger partial charge >= 0.3 is 5.97 Å². The van der Waals surface area contributed by atoms with Crippen LogP contribution in [-0.2, 0) is 4.79 Å². The van der Waals surface area contributed by atoms with Gasteiger partial charge in [0.05, 0.1) is 6.42 Å². The van der Waals surface area contributed by atoms with E-state index in [2.05, 4.69) is 39.0 Å². The molecule has 0 aromatic heterocycles. The van der Waals surface area contributed by atoms with Gasteiger partial charge in [0.2, 0.25) is 0 Å². The molecule has 0 atom stereocenters. The highest BCUT2D eigenvalue weighted by Gasteiger charge is 2.09. The average Bonchev–Trinajstić information content (AvgIpc) is 2.42. The van der Waals surface area contributed by atoms with E-state index in [1.54, 1.807) is 0 Å². The van der Waals surface area contributed by atoms with E-state index >= 15 is 0 Å². The third kappa shape index (κ3) is 6.49. The van der Waals surface area contributed by atoms with Crippen LogP contribution >= 0.6 is 0 Å². The summed E-state index contributed by atoms with van der Waals surface area (Å²) < 4.78 is 0. The third-order valence-electron chi connectivity index (χ3n) is 3.36. The SMILES string of the molecule is CN(C)CCCN(CCC(=O)O)c1ccc(N(C)C)cc1. The van der Waals surface area contributed by atoms with Crippen LogP contribution in [0.1, 0.15) is 12.8 Å². The Morgan fingerprint density at radius 2 is 1.52 bits per heavy atom. The number of nitrogens with zero attached hydrogens (tertiary/aromatic N) is 3. The lowest BCUT2D eigenvalue weighted by Gasteiger charge is -2.25. The summed E-state index contributed by atoms with van der Waals surface area (Å²) in [7, 11) is 8.11. The Balaban J connectivity index is 2.71. The van der Waals surface area contributed by atoms with Crippen molar-refractivity contribution in [3.63, 3.8) is 0 Å². The largest absolute Gasteiger partial charge is 0.481 e. The molecule has 21 heavy (non-hydrogen) atoms. The van der Waals surface area contributed by atoms with Gasteiger partial charge < -0.3 is 19.8 Å². The summed E-state index contributed by atoms with van der Waals surface area (Å²) in [5, 5.41) is 8.90. The van der Waals surface area contributed by atoms with E-state index in [1.807, 2.05) is 28.2 Å². The zero-order chi connectivity index (χ0) is 15.8. The molecule has 0 aliphatic heterocycles. The first-order valence-corrected chi connectivity index (χ1v) is 7.29. The molecule has 0 radical (unpaired) electrons. The van der Waals surface area contributed by atoms with Crippen LogP contribution in [0.3, 0.4) is 0 Å². The maximum absolute atomic E-state index is 10.8. The van der Waals surface area contributed by atoms with Crippen molar-refractivity contribution < 1.29 is 9.90 Å². The Labute approximate surface area is 127 Å². The zero-order valence-corrected chi connectivity index (χ0v) is 13.5. The van der Waals surface area contributed by atoms with E-state index in [4.69, 9.17) is 5.11 Å². The molecule has 0 unspecified atom stereocenters. The molecule has 0 bridgehead atoms. The highest BCUT2D eigenvalue weighted by molar-refractivity contribution is 5.68. The highest BCUT2D eigenvalue weighted by atomic mass is 16.4. The molecule has 0 fully saturated rings. The van der Waals surface area contributed by atoms with Gasteiger partial charge in [-0.3, -0.25) is 4.79 Å². The maximum atomic E-state index is 10.8. The predicted molar refractivity (Wildman–Crippen MR) is 88.4 cm³/mol. The van der Waals surface area contributed by atoms with Crippen LogP contribution in [0.2, 0.25) is 0 Å². The molecule has 0 saturated heterocycles. The minimum atomic E-state index is -0.752. The molecule has 0 spiro atoms. The summed E-state index contributed by atoms with van der Waals surface area (Å²) in [6.07, 6.45) is 1.18. The Kier molecular flexibility index (Phi) is 7.02. The molecule has 0 aliphatic carbocycles. The molecule has 0 saturated carbocycles. The van der Waals surface area contributed by atoms with Crippen LogP contribution in [0.25, 0.3) is 0 Å². The quantitative estimate of drug-likeness (QED) is 0.754. The Hall–Kier alpha value is -1.75. The Bertz CT molecular complexity index is 430. The fourth-order valence-corrected chi connectivity index (χ4v) is 2.14. The molecule has 1 N–H and O–H groups in total. The van der Waals surface area contributed by atoms with Gasteiger partial charge in [-0.15, -0.1) is 0 Å². The first-order valence-electron chi connectivity index (χ1n) is 7.29. The molecule has 5 nitrogen and oxygen atoms in total. The van der Waals surface area contributed by atoms with E-state index in [1.165, 1.54) is 0 Å². The van der Waals surface area contributed by atoms with Crippen LogP contribution in [-0.4, -0.2) is 63.8 Å². The van der Waals surface area contributed by atoms with Gasteiger partial charge in [0, 0.05) is 38.6 Å². The molecular weight excluding hydrogens is 266 g/mol. The molecule has 1 aromatic carbocycles. The summed E-state index contributed by atoms with van der Waals surface area (Å²) in [6.45, 7) is 2.41. The van der Waals surface area contributed by atoms with Crippen LogP contribution in [0.5, 0.6) is 0 Å². The van der Waals surface area contributed by atoms with E-state index in [9.17, 15) is 4.79 Å². The second kappa shape index (κ2) is 8.52. The van der Waals surface area contributed by atoms with E-state index < -0.39 is 5.97 Å². The van der Waals surface area contributed by atoms with E-state index in [0.29, 0.717) is 6.54 Å². The highest BCUT2D eigenvalue weighted by Crippen LogP contribution is 2.20. The molecule has 1 rings (SSSR count). The summed E-state index contributed by atoms with van der Waals surface area (Å²) in [5.74, 6) is -0.752. The average molecular weight is 293 g/mol. The number of hydrogen-bond acceptors (Lipinski definition) is 4. The van der Waals surface area contributed by atoms with Crippen molar-refractivity contribution >= 4 is 17.3 Å². The lowest BCUT2D eigenvalue weighted by molar-refractivity contribution is -0.136. The number of carbonyl (C=O) groups is 1. The first-order chi connectivity index (χ1) is 9.90. The van der Waals surface area contributed by atoms with Gasteiger partial charge in [0.15, 0.2) is 0 Å². The molecule has 1 aromatic rings. The van der Waals surface area contributed by atoms with Gasteiger partial charge in [-0.2, -0.15) is 0 Å². The number of hydrogen-bond donors (Lipinski definition) is 1. The van der Waals surface area contributed by atoms with Crippen molar-refractivity contribution in [2.24, 2.45) is 0 Å². The molecule has 0 heterocycles. The number of aliphatic carboxylic acids is 1. The number of carboxylic acid groups (broad SMARTS) is 1. The lowest BCUT2D eigenvalue weighted by Crippen LogP contribution is -2.29. The second-order valence-electron chi connectivity index (χ2n) is 5.70. The molecule has 118 valence electrons. The van der Waals surface area contributed by atoms with Crippen molar-refractivity contribution in [3.05, 3.63) is 24.3 Å². The number of rotatable bonds is 9. The number of benzene rings is 1. The van der Waals surface area contributed by atoms with Crippen LogP contribution in [0.4, 0.5) is 11.4 Å². The predicted octanol–water partition coefficient (Wildman–Crippen LogP) is 1.99. The third-order valence-corrected chi connectivity index (χ3v) is 3.36. The van der Waals surface area contributed by atoms with Gasteiger partial charge in [0.25, 0.3) is 0 Å². The van der Waals surface area contributed by atoms with Gasteiger partial charge in [-0.05, 0) is 51.3 Å². The number of anilines is 2. The number of carboxylic acids is 1.